The maximum atomic E-state index is 13.0. The molecule has 2 amide bonds. The molecule has 6 nitrogen and oxygen atoms in total. The average molecular weight is 522 g/mol. The monoisotopic (exact) mass is 521 g/mol. The summed E-state index contributed by atoms with van der Waals surface area (Å²) >= 11 is 6.33. The molecule has 1 aliphatic carbocycles. The van der Waals surface area contributed by atoms with Crippen molar-refractivity contribution in [2.24, 2.45) is 17.8 Å². The van der Waals surface area contributed by atoms with E-state index in [4.69, 9.17) is 21.1 Å². The van der Waals surface area contributed by atoms with E-state index in [1.165, 1.54) is 10.5 Å². The predicted octanol–water partition coefficient (Wildman–Crippen LogP) is 5.64. The topological polar surface area (TPSA) is 76.1 Å². The van der Waals surface area contributed by atoms with Gasteiger partial charge in [0.05, 0.1) is 29.6 Å². The van der Waals surface area contributed by atoms with Gasteiger partial charge in [-0.15, -0.1) is 0 Å². The molecule has 2 heterocycles. The van der Waals surface area contributed by atoms with Crippen LogP contribution in [0.25, 0.3) is 6.08 Å². The second kappa shape index (κ2) is 10.7. The van der Waals surface area contributed by atoms with Gasteiger partial charge in [-0.3, -0.25) is 14.5 Å². The Kier molecular flexibility index (Phi) is 7.40. The molecule has 0 saturated carbocycles. The molecule has 37 heavy (non-hydrogen) atoms. The number of carbonyl (C=O) groups excluding carboxylic acids is 2. The molecular formula is C30H32ClNO5. The number of fused-ring (bicyclic) bond motifs is 3. The number of allylic oxidation sites excluding steroid dienone is 1. The number of benzene rings is 2. The van der Waals surface area contributed by atoms with Crippen LogP contribution in [0.3, 0.4) is 0 Å². The summed E-state index contributed by atoms with van der Waals surface area (Å²) in [6, 6.07) is 14.6. The Labute approximate surface area is 222 Å². The Morgan fingerprint density at radius 1 is 1.16 bits per heavy atom. The van der Waals surface area contributed by atoms with Gasteiger partial charge in [-0.1, -0.05) is 48.4 Å². The summed E-state index contributed by atoms with van der Waals surface area (Å²) in [5.41, 5.74) is 4.32. The van der Waals surface area contributed by atoms with E-state index in [0.29, 0.717) is 24.7 Å². The Bertz CT molecular complexity index is 1250. The van der Waals surface area contributed by atoms with Gasteiger partial charge in [-0.05, 0) is 72.7 Å². The molecule has 2 aromatic rings. The molecule has 0 spiro atoms. The van der Waals surface area contributed by atoms with Crippen molar-refractivity contribution in [2.75, 3.05) is 20.3 Å². The summed E-state index contributed by atoms with van der Waals surface area (Å²) in [6.45, 7) is 2.93. The summed E-state index contributed by atoms with van der Waals surface area (Å²) < 4.78 is 12.4. The first-order valence-corrected chi connectivity index (χ1v) is 13.3. The maximum absolute atomic E-state index is 13.0. The Balaban J connectivity index is 1.39. The second-order valence-corrected chi connectivity index (χ2v) is 10.5. The highest BCUT2D eigenvalue weighted by Crippen LogP contribution is 2.49. The van der Waals surface area contributed by atoms with Crippen LogP contribution in [0.1, 0.15) is 38.2 Å². The van der Waals surface area contributed by atoms with Crippen molar-refractivity contribution in [1.29, 1.82) is 0 Å². The normalized spacial score (nSPS) is 25.5. The minimum atomic E-state index is -0.352. The lowest BCUT2D eigenvalue weighted by molar-refractivity contribution is -0.138. The van der Waals surface area contributed by atoms with E-state index in [1.54, 1.807) is 19.2 Å². The van der Waals surface area contributed by atoms with Gasteiger partial charge < -0.3 is 14.6 Å². The van der Waals surface area contributed by atoms with Crippen molar-refractivity contribution in [3.05, 3.63) is 75.8 Å². The molecule has 5 rings (SSSR count). The van der Waals surface area contributed by atoms with Gasteiger partial charge in [-0.25, -0.2) is 0 Å². The van der Waals surface area contributed by atoms with Crippen LogP contribution in [0.5, 0.6) is 11.5 Å². The lowest BCUT2D eigenvalue weighted by Gasteiger charge is -2.31. The molecule has 0 radical (unpaired) electrons. The van der Waals surface area contributed by atoms with Gasteiger partial charge in [-0.2, -0.15) is 0 Å². The SMILES string of the molecule is CC/C(=C\c1ccc(O)cc1Cl)CC[C@H]1OC[C@H]2C1=C(COc1ccccc1)C[C@H]1C(=O)N(C)C(=O)[C@H]12. The number of hydrogen-bond donors (Lipinski definition) is 1. The van der Waals surface area contributed by atoms with E-state index in [9.17, 15) is 14.7 Å². The number of nitrogens with zero attached hydrogens (tertiary/aromatic N) is 1. The number of ether oxygens (including phenoxy) is 2. The first kappa shape index (κ1) is 25.6. The fourth-order valence-electron chi connectivity index (χ4n) is 5.97. The van der Waals surface area contributed by atoms with Crippen molar-refractivity contribution >= 4 is 29.5 Å². The van der Waals surface area contributed by atoms with E-state index in [-0.39, 0.29) is 41.4 Å². The number of aromatic hydroxyl groups is 1. The van der Waals surface area contributed by atoms with E-state index >= 15 is 0 Å². The Morgan fingerprint density at radius 2 is 1.95 bits per heavy atom. The smallest absolute Gasteiger partial charge is 0.233 e. The highest BCUT2D eigenvalue weighted by molar-refractivity contribution is 6.32. The van der Waals surface area contributed by atoms with Crippen LogP contribution in [0.4, 0.5) is 0 Å². The van der Waals surface area contributed by atoms with Crippen molar-refractivity contribution in [3.8, 4) is 11.5 Å². The van der Waals surface area contributed by atoms with Crippen molar-refractivity contribution in [1.82, 2.24) is 4.90 Å². The summed E-state index contributed by atoms with van der Waals surface area (Å²) in [7, 11) is 1.59. The minimum absolute atomic E-state index is 0.0964. The third-order valence-corrected chi connectivity index (χ3v) is 8.24. The average Bonchev–Trinajstić information content (AvgIpc) is 3.42. The van der Waals surface area contributed by atoms with Gasteiger partial charge in [0.1, 0.15) is 18.1 Å². The molecule has 0 aromatic heterocycles. The molecule has 2 saturated heterocycles. The second-order valence-electron chi connectivity index (χ2n) is 10.1. The molecule has 3 aliphatic rings. The number of imide groups is 1. The van der Waals surface area contributed by atoms with Crippen molar-refractivity contribution in [2.45, 2.75) is 38.7 Å². The third kappa shape index (κ3) is 5.05. The number of para-hydroxylation sites is 1. The van der Waals surface area contributed by atoms with Crippen molar-refractivity contribution < 1.29 is 24.2 Å². The standard InChI is InChI=1S/C30H32ClNO5/c1-3-18(13-19-10-11-21(33)15-25(19)31)9-12-26-27-20(16-36-22-7-5-4-6-8-22)14-23-28(24(27)17-37-26)30(35)32(2)29(23)34/h4-8,10-11,13,15,23-24,26,28,33H,3,9,12,14,16-17H2,1-2H3/b18-13+/t23-,24+,26-,28-/m1/s1. The van der Waals surface area contributed by atoms with Gasteiger partial charge >= 0.3 is 0 Å². The number of phenols is 1. The molecule has 1 N–H and O–H groups in total. The molecular weight excluding hydrogens is 490 g/mol. The number of rotatable bonds is 8. The zero-order valence-electron chi connectivity index (χ0n) is 21.2. The van der Waals surface area contributed by atoms with Gasteiger partial charge in [0.2, 0.25) is 11.8 Å². The molecule has 194 valence electrons. The molecule has 0 bridgehead atoms. The first-order chi connectivity index (χ1) is 17.9. The van der Waals surface area contributed by atoms with E-state index < -0.39 is 0 Å². The highest BCUT2D eigenvalue weighted by atomic mass is 35.5. The first-order valence-electron chi connectivity index (χ1n) is 12.9. The largest absolute Gasteiger partial charge is 0.508 e. The third-order valence-electron chi connectivity index (χ3n) is 7.91. The molecule has 4 atom stereocenters. The quantitative estimate of drug-likeness (QED) is 0.359. The zero-order valence-corrected chi connectivity index (χ0v) is 21.9. The fourth-order valence-corrected chi connectivity index (χ4v) is 6.20. The molecule has 2 aromatic carbocycles. The van der Waals surface area contributed by atoms with Crippen LogP contribution in [-0.4, -0.2) is 48.2 Å². The molecule has 2 fully saturated rings. The number of likely N-dealkylation sites (tertiary alicyclic amines) is 1. The van der Waals surface area contributed by atoms with Gasteiger partial charge in [0.15, 0.2) is 0 Å². The number of phenolic OH excluding ortho intramolecular Hbond substituents is 1. The molecule has 0 unspecified atom stereocenters. The Morgan fingerprint density at radius 3 is 2.68 bits per heavy atom. The van der Waals surface area contributed by atoms with Crippen LogP contribution in [-0.2, 0) is 14.3 Å². The highest BCUT2D eigenvalue weighted by Gasteiger charge is 2.56. The van der Waals surface area contributed by atoms with Crippen LogP contribution in [0.15, 0.2) is 65.3 Å². The van der Waals surface area contributed by atoms with Crippen LogP contribution >= 0.6 is 11.6 Å². The van der Waals surface area contributed by atoms with Crippen LogP contribution in [0.2, 0.25) is 5.02 Å². The number of hydrogen-bond acceptors (Lipinski definition) is 5. The van der Waals surface area contributed by atoms with Gasteiger partial charge in [0, 0.05) is 13.0 Å². The lowest BCUT2D eigenvalue weighted by atomic mass is 9.69. The molecule has 2 aliphatic heterocycles. The van der Waals surface area contributed by atoms with Gasteiger partial charge in [0.25, 0.3) is 0 Å². The number of carbonyl (C=O) groups is 2. The number of amides is 2. The summed E-state index contributed by atoms with van der Waals surface area (Å²) in [4.78, 5) is 27.2. The summed E-state index contributed by atoms with van der Waals surface area (Å²) in [5.74, 6) is -0.0694. The van der Waals surface area contributed by atoms with Crippen LogP contribution in [0, 0.1) is 17.8 Å². The lowest BCUT2D eigenvalue weighted by Crippen LogP contribution is -2.35. The number of halogens is 1. The van der Waals surface area contributed by atoms with Crippen LogP contribution < -0.4 is 4.74 Å². The molecule has 7 heteroatoms. The van der Waals surface area contributed by atoms with Crippen molar-refractivity contribution in [3.63, 3.8) is 0 Å². The van der Waals surface area contributed by atoms with E-state index in [1.807, 2.05) is 36.4 Å². The van der Waals surface area contributed by atoms with E-state index in [0.717, 1.165) is 41.7 Å². The predicted molar refractivity (Wildman–Crippen MR) is 142 cm³/mol. The summed E-state index contributed by atoms with van der Waals surface area (Å²) in [5, 5.41) is 10.2. The maximum Gasteiger partial charge on any atom is 0.233 e. The Hall–Kier alpha value is -3.09. The minimum Gasteiger partial charge on any atom is -0.508 e. The zero-order chi connectivity index (χ0) is 26.1. The fraction of sp³-hybridized carbons (Fsp3) is 0.400. The van der Waals surface area contributed by atoms with E-state index in [2.05, 4.69) is 13.0 Å². The summed E-state index contributed by atoms with van der Waals surface area (Å²) in [6.07, 6.45) is 4.91.